The molecular weight excluding hydrogens is 270 g/mol. The van der Waals surface area contributed by atoms with Crippen molar-refractivity contribution in [3.63, 3.8) is 0 Å². The molecule has 122 valence electrons. The summed E-state index contributed by atoms with van der Waals surface area (Å²) in [6.45, 7) is 7.61. The Bertz CT molecular complexity index is 524. The number of rotatable bonds is 0. The summed E-state index contributed by atoms with van der Waals surface area (Å²) in [4.78, 5) is 14.4. The van der Waals surface area contributed by atoms with Crippen molar-refractivity contribution in [3.05, 3.63) is 11.6 Å². The number of piperidine rings is 1. The predicted molar refractivity (Wildman–Crippen MR) is 89.6 cm³/mol. The SMILES string of the molecule is CN1CC[C@H]2[C@@H]3CCC4=CC(=O)CC[C@]4(C)[C@H]3CC[C@]2(C)C1. The van der Waals surface area contributed by atoms with E-state index in [0.29, 0.717) is 16.6 Å². The number of fused-ring (bicyclic) bond motifs is 5. The highest BCUT2D eigenvalue weighted by molar-refractivity contribution is 5.91. The molecule has 0 spiro atoms. The van der Waals surface area contributed by atoms with Crippen LogP contribution in [0.2, 0.25) is 0 Å². The Balaban J connectivity index is 1.66. The summed E-state index contributed by atoms with van der Waals surface area (Å²) < 4.78 is 0. The molecule has 0 aromatic carbocycles. The molecule has 4 rings (SSSR count). The van der Waals surface area contributed by atoms with Crippen LogP contribution in [0.5, 0.6) is 0 Å². The Hall–Kier alpha value is -0.630. The Morgan fingerprint density at radius 3 is 2.73 bits per heavy atom. The number of hydrogen-bond donors (Lipinski definition) is 0. The molecular formula is C20H31NO. The standard InChI is InChI=1S/C20H31NO/c1-19-9-7-18-16(17(19)8-11-21(3)13-19)5-4-14-12-15(22)6-10-20(14,18)2/h12,16-18H,4-11,13H2,1-3H3/t16-,17-,18-,19+,20-/m0/s1. The highest BCUT2D eigenvalue weighted by Crippen LogP contribution is 2.62. The summed E-state index contributed by atoms with van der Waals surface area (Å²) in [5, 5.41) is 0. The lowest BCUT2D eigenvalue weighted by atomic mass is 9.46. The molecule has 2 heteroatoms. The van der Waals surface area contributed by atoms with Crippen LogP contribution in [0.3, 0.4) is 0 Å². The van der Waals surface area contributed by atoms with Crippen LogP contribution in [0.25, 0.3) is 0 Å². The molecule has 0 aromatic heterocycles. The molecule has 4 aliphatic rings. The number of nitrogens with zero attached hydrogens (tertiary/aromatic N) is 1. The van der Waals surface area contributed by atoms with Gasteiger partial charge in [-0.3, -0.25) is 4.79 Å². The Kier molecular flexibility index (Phi) is 3.35. The van der Waals surface area contributed by atoms with E-state index in [9.17, 15) is 4.79 Å². The lowest BCUT2D eigenvalue weighted by molar-refractivity contribution is -0.118. The van der Waals surface area contributed by atoms with E-state index in [-0.39, 0.29) is 0 Å². The fourth-order valence-corrected chi connectivity index (χ4v) is 6.77. The summed E-state index contributed by atoms with van der Waals surface area (Å²) in [6.07, 6.45) is 10.6. The van der Waals surface area contributed by atoms with Crippen LogP contribution in [0.15, 0.2) is 11.6 Å². The third kappa shape index (κ3) is 2.06. The van der Waals surface area contributed by atoms with Crippen LogP contribution in [0.4, 0.5) is 0 Å². The van der Waals surface area contributed by atoms with Crippen LogP contribution in [0, 0.1) is 28.6 Å². The molecule has 1 aliphatic heterocycles. The van der Waals surface area contributed by atoms with Gasteiger partial charge in [-0.1, -0.05) is 19.4 Å². The average Bonchev–Trinajstić information content (AvgIpc) is 2.46. The summed E-state index contributed by atoms with van der Waals surface area (Å²) in [7, 11) is 2.29. The minimum atomic E-state index is 0.335. The van der Waals surface area contributed by atoms with Gasteiger partial charge in [0.2, 0.25) is 0 Å². The molecule has 1 saturated heterocycles. The molecule has 0 amide bonds. The second-order valence-corrected chi connectivity index (χ2v) is 9.19. The van der Waals surface area contributed by atoms with E-state index in [0.717, 1.165) is 30.6 Å². The summed E-state index contributed by atoms with van der Waals surface area (Å²) in [5.41, 5.74) is 2.37. The third-order valence-electron chi connectivity index (χ3n) is 7.93. The van der Waals surface area contributed by atoms with Crippen molar-refractivity contribution in [2.75, 3.05) is 20.1 Å². The first-order valence-corrected chi connectivity index (χ1v) is 9.35. The van der Waals surface area contributed by atoms with Crippen molar-refractivity contribution >= 4 is 5.78 Å². The maximum atomic E-state index is 11.9. The van der Waals surface area contributed by atoms with Gasteiger partial charge < -0.3 is 4.90 Å². The molecule has 0 unspecified atom stereocenters. The van der Waals surface area contributed by atoms with Crippen molar-refractivity contribution in [3.8, 4) is 0 Å². The number of likely N-dealkylation sites (tertiary alicyclic amines) is 1. The molecule has 0 N–H and O–H groups in total. The van der Waals surface area contributed by atoms with Gasteiger partial charge in [-0.15, -0.1) is 0 Å². The van der Waals surface area contributed by atoms with Crippen LogP contribution >= 0.6 is 0 Å². The molecule has 22 heavy (non-hydrogen) atoms. The van der Waals surface area contributed by atoms with Crippen molar-refractivity contribution < 1.29 is 4.79 Å². The first-order valence-electron chi connectivity index (χ1n) is 9.35. The maximum absolute atomic E-state index is 11.9. The highest BCUT2D eigenvalue weighted by Gasteiger charge is 2.55. The van der Waals surface area contributed by atoms with Crippen LogP contribution in [0.1, 0.15) is 58.8 Å². The number of allylic oxidation sites excluding steroid dienone is 2. The summed E-state index contributed by atoms with van der Waals surface area (Å²) >= 11 is 0. The van der Waals surface area contributed by atoms with Gasteiger partial charge in [0.25, 0.3) is 0 Å². The Labute approximate surface area is 135 Å². The van der Waals surface area contributed by atoms with Crippen molar-refractivity contribution in [2.24, 2.45) is 28.6 Å². The van der Waals surface area contributed by atoms with Crippen molar-refractivity contribution in [1.29, 1.82) is 0 Å². The predicted octanol–water partition coefficient (Wildman–Crippen LogP) is 4.06. The number of ketones is 1. The second-order valence-electron chi connectivity index (χ2n) is 9.19. The molecule has 1 heterocycles. The third-order valence-corrected chi connectivity index (χ3v) is 7.93. The minimum absolute atomic E-state index is 0.335. The lowest BCUT2D eigenvalue weighted by Gasteiger charge is -2.61. The fraction of sp³-hybridized carbons (Fsp3) is 0.850. The topological polar surface area (TPSA) is 20.3 Å². The van der Waals surface area contributed by atoms with E-state index >= 15 is 0 Å². The van der Waals surface area contributed by atoms with E-state index in [1.807, 2.05) is 6.08 Å². The molecule has 2 nitrogen and oxygen atoms in total. The van der Waals surface area contributed by atoms with E-state index in [4.69, 9.17) is 0 Å². The second kappa shape index (κ2) is 4.93. The summed E-state index contributed by atoms with van der Waals surface area (Å²) in [6, 6.07) is 0. The van der Waals surface area contributed by atoms with Gasteiger partial charge in [0.05, 0.1) is 0 Å². The summed E-state index contributed by atoms with van der Waals surface area (Å²) in [5.74, 6) is 3.04. The van der Waals surface area contributed by atoms with E-state index < -0.39 is 0 Å². The first kappa shape index (κ1) is 14.9. The van der Waals surface area contributed by atoms with Gasteiger partial charge in [-0.2, -0.15) is 0 Å². The smallest absolute Gasteiger partial charge is 0.155 e. The van der Waals surface area contributed by atoms with Gasteiger partial charge in [-0.25, -0.2) is 0 Å². The highest BCUT2D eigenvalue weighted by atomic mass is 16.1. The molecule has 0 aromatic rings. The van der Waals surface area contributed by atoms with Gasteiger partial charge in [0, 0.05) is 13.0 Å². The number of hydrogen-bond acceptors (Lipinski definition) is 2. The first-order chi connectivity index (χ1) is 10.4. The zero-order valence-corrected chi connectivity index (χ0v) is 14.5. The molecule has 3 aliphatic carbocycles. The van der Waals surface area contributed by atoms with Crippen LogP contribution in [-0.4, -0.2) is 30.8 Å². The fourth-order valence-electron chi connectivity index (χ4n) is 6.77. The number of carbonyl (C=O) groups excluding carboxylic acids is 1. The van der Waals surface area contributed by atoms with Gasteiger partial charge >= 0.3 is 0 Å². The van der Waals surface area contributed by atoms with E-state index in [1.165, 1.54) is 50.8 Å². The van der Waals surface area contributed by atoms with Crippen molar-refractivity contribution in [2.45, 2.75) is 58.8 Å². The van der Waals surface area contributed by atoms with Gasteiger partial charge in [0.15, 0.2) is 5.78 Å². The quantitative estimate of drug-likeness (QED) is 0.672. The molecule has 0 radical (unpaired) electrons. The Morgan fingerprint density at radius 1 is 1.09 bits per heavy atom. The van der Waals surface area contributed by atoms with Crippen LogP contribution < -0.4 is 0 Å². The van der Waals surface area contributed by atoms with Gasteiger partial charge in [0.1, 0.15) is 0 Å². The maximum Gasteiger partial charge on any atom is 0.155 e. The molecule has 0 bridgehead atoms. The minimum Gasteiger partial charge on any atom is -0.306 e. The molecule has 5 atom stereocenters. The van der Waals surface area contributed by atoms with E-state index in [2.05, 4.69) is 25.8 Å². The monoisotopic (exact) mass is 301 g/mol. The largest absolute Gasteiger partial charge is 0.306 e. The zero-order chi connectivity index (χ0) is 15.5. The number of carbonyl (C=O) groups is 1. The molecule has 2 saturated carbocycles. The van der Waals surface area contributed by atoms with Crippen LogP contribution in [-0.2, 0) is 4.79 Å². The lowest BCUT2D eigenvalue weighted by Crippen LogP contribution is -2.56. The molecule has 3 fully saturated rings. The van der Waals surface area contributed by atoms with E-state index in [1.54, 1.807) is 0 Å². The van der Waals surface area contributed by atoms with Gasteiger partial charge in [-0.05, 0) is 86.8 Å². The normalized spacial score (nSPS) is 49.0. The van der Waals surface area contributed by atoms with Crippen molar-refractivity contribution in [1.82, 2.24) is 4.90 Å². The zero-order valence-electron chi connectivity index (χ0n) is 14.5. The average molecular weight is 301 g/mol. The Morgan fingerprint density at radius 2 is 1.91 bits per heavy atom.